The molecule has 2 rings (SSSR count). The summed E-state index contributed by atoms with van der Waals surface area (Å²) in [6, 6.07) is 2.44. The minimum atomic E-state index is 0.731. The SMILES string of the molecule is CCNC1CCCCCCCCCCC1N(CC)C1CC1. The Labute approximate surface area is 133 Å². The van der Waals surface area contributed by atoms with Crippen molar-refractivity contribution < 1.29 is 0 Å². The van der Waals surface area contributed by atoms with Crippen molar-refractivity contribution in [3.63, 3.8) is 0 Å². The first-order valence-electron chi connectivity index (χ1n) is 9.86. The van der Waals surface area contributed by atoms with E-state index in [0.29, 0.717) is 0 Å². The Morgan fingerprint density at radius 3 is 1.86 bits per heavy atom. The van der Waals surface area contributed by atoms with Crippen molar-refractivity contribution >= 4 is 0 Å². The van der Waals surface area contributed by atoms with Gasteiger partial charge in [-0.3, -0.25) is 4.90 Å². The lowest BCUT2D eigenvalue weighted by Crippen LogP contribution is -2.51. The van der Waals surface area contributed by atoms with Gasteiger partial charge >= 0.3 is 0 Å². The van der Waals surface area contributed by atoms with Crippen LogP contribution in [0.15, 0.2) is 0 Å². The quantitative estimate of drug-likeness (QED) is 0.788. The Balaban J connectivity index is 1.98. The van der Waals surface area contributed by atoms with E-state index in [2.05, 4.69) is 24.1 Å². The van der Waals surface area contributed by atoms with E-state index in [1.807, 2.05) is 0 Å². The molecule has 0 bridgehead atoms. The number of nitrogens with one attached hydrogen (secondary N) is 1. The molecule has 0 aliphatic heterocycles. The van der Waals surface area contributed by atoms with Crippen LogP contribution in [0.5, 0.6) is 0 Å². The first-order chi connectivity index (χ1) is 10.4. The second-order valence-electron chi connectivity index (χ2n) is 7.20. The minimum Gasteiger partial charge on any atom is -0.313 e. The monoisotopic (exact) mass is 294 g/mol. The molecule has 0 heterocycles. The summed E-state index contributed by atoms with van der Waals surface area (Å²) in [5.41, 5.74) is 0. The molecule has 0 aromatic rings. The van der Waals surface area contributed by atoms with Crippen LogP contribution < -0.4 is 5.32 Å². The summed E-state index contributed by atoms with van der Waals surface area (Å²) in [6.45, 7) is 7.03. The zero-order valence-corrected chi connectivity index (χ0v) is 14.6. The summed E-state index contributed by atoms with van der Waals surface area (Å²) in [5, 5.41) is 3.84. The lowest BCUT2D eigenvalue weighted by atomic mass is 9.92. The molecule has 0 aromatic carbocycles. The van der Waals surface area contributed by atoms with Crippen molar-refractivity contribution in [3.05, 3.63) is 0 Å². The van der Waals surface area contributed by atoms with Gasteiger partial charge in [0, 0.05) is 18.1 Å². The maximum atomic E-state index is 3.84. The molecule has 2 aliphatic carbocycles. The third kappa shape index (κ3) is 5.90. The summed E-state index contributed by atoms with van der Waals surface area (Å²) >= 11 is 0. The van der Waals surface area contributed by atoms with Gasteiger partial charge in [0.05, 0.1) is 0 Å². The molecular weight excluding hydrogens is 256 g/mol. The Kier molecular flexibility index (Phi) is 8.10. The maximum Gasteiger partial charge on any atom is 0.0252 e. The van der Waals surface area contributed by atoms with Crippen molar-refractivity contribution in [1.82, 2.24) is 10.2 Å². The van der Waals surface area contributed by atoms with Gasteiger partial charge in [-0.1, -0.05) is 65.2 Å². The fraction of sp³-hybridized carbons (Fsp3) is 1.00. The van der Waals surface area contributed by atoms with Gasteiger partial charge in [-0.25, -0.2) is 0 Å². The topological polar surface area (TPSA) is 15.3 Å². The summed E-state index contributed by atoms with van der Waals surface area (Å²) in [6.07, 6.45) is 17.3. The van der Waals surface area contributed by atoms with Crippen LogP contribution in [0, 0.1) is 0 Å². The van der Waals surface area contributed by atoms with Gasteiger partial charge in [-0.2, -0.15) is 0 Å². The van der Waals surface area contributed by atoms with Crippen molar-refractivity contribution in [2.75, 3.05) is 13.1 Å². The molecule has 0 radical (unpaired) electrons. The molecule has 2 unspecified atom stereocenters. The molecule has 2 atom stereocenters. The molecule has 0 aromatic heterocycles. The molecule has 1 N–H and O–H groups in total. The van der Waals surface area contributed by atoms with Gasteiger partial charge in [0.2, 0.25) is 0 Å². The molecule has 0 amide bonds. The second-order valence-corrected chi connectivity index (χ2v) is 7.20. The predicted octanol–water partition coefficient (Wildman–Crippen LogP) is 4.73. The van der Waals surface area contributed by atoms with Gasteiger partial charge in [0.1, 0.15) is 0 Å². The third-order valence-electron chi connectivity index (χ3n) is 5.50. The predicted molar refractivity (Wildman–Crippen MR) is 92.8 cm³/mol. The molecule has 2 fully saturated rings. The van der Waals surface area contributed by atoms with E-state index in [9.17, 15) is 0 Å². The molecular formula is C19H38N2. The van der Waals surface area contributed by atoms with Crippen molar-refractivity contribution in [3.8, 4) is 0 Å². The van der Waals surface area contributed by atoms with E-state index in [4.69, 9.17) is 0 Å². The lowest BCUT2D eigenvalue weighted by Gasteiger charge is -2.38. The van der Waals surface area contributed by atoms with Crippen LogP contribution in [0.3, 0.4) is 0 Å². The van der Waals surface area contributed by atoms with Gasteiger partial charge in [0.25, 0.3) is 0 Å². The van der Waals surface area contributed by atoms with Crippen molar-refractivity contribution in [1.29, 1.82) is 0 Å². The zero-order valence-electron chi connectivity index (χ0n) is 14.6. The Bertz CT molecular complexity index is 262. The van der Waals surface area contributed by atoms with E-state index >= 15 is 0 Å². The van der Waals surface area contributed by atoms with Crippen LogP contribution in [0.25, 0.3) is 0 Å². The molecule has 2 saturated carbocycles. The fourth-order valence-corrected chi connectivity index (χ4v) is 4.24. The normalized spacial score (nSPS) is 29.9. The van der Waals surface area contributed by atoms with Gasteiger partial charge in [0.15, 0.2) is 0 Å². The average molecular weight is 295 g/mol. The summed E-state index contributed by atoms with van der Waals surface area (Å²) in [4.78, 5) is 2.85. The highest BCUT2D eigenvalue weighted by atomic mass is 15.2. The van der Waals surface area contributed by atoms with Crippen LogP contribution in [0.4, 0.5) is 0 Å². The molecule has 2 aliphatic rings. The van der Waals surface area contributed by atoms with E-state index in [1.54, 1.807) is 0 Å². The van der Waals surface area contributed by atoms with Crippen LogP contribution in [0.1, 0.15) is 90.9 Å². The molecule has 2 nitrogen and oxygen atoms in total. The third-order valence-corrected chi connectivity index (χ3v) is 5.50. The Morgan fingerprint density at radius 2 is 1.33 bits per heavy atom. The molecule has 0 saturated heterocycles. The standard InChI is InChI=1S/C19H38N2/c1-3-20-18-13-11-9-7-5-6-8-10-12-14-19(18)21(4-2)17-15-16-17/h17-20H,3-16H2,1-2H3. The smallest absolute Gasteiger partial charge is 0.0252 e. The van der Waals surface area contributed by atoms with E-state index in [1.165, 1.54) is 83.6 Å². The van der Waals surface area contributed by atoms with E-state index < -0.39 is 0 Å². The minimum absolute atomic E-state index is 0.731. The van der Waals surface area contributed by atoms with Crippen LogP contribution >= 0.6 is 0 Å². The first kappa shape index (κ1) is 17.3. The number of hydrogen-bond acceptors (Lipinski definition) is 2. The highest BCUT2D eigenvalue weighted by Crippen LogP contribution is 2.32. The zero-order chi connectivity index (χ0) is 14.9. The van der Waals surface area contributed by atoms with Crippen LogP contribution in [0.2, 0.25) is 0 Å². The molecule has 124 valence electrons. The Morgan fingerprint density at radius 1 is 0.762 bits per heavy atom. The molecule has 21 heavy (non-hydrogen) atoms. The van der Waals surface area contributed by atoms with Gasteiger partial charge < -0.3 is 5.32 Å². The van der Waals surface area contributed by atoms with Crippen molar-refractivity contribution in [2.24, 2.45) is 0 Å². The first-order valence-corrected chi connectivity index (χ1v) is 9.86. The van der Waals surface area contributed by atoms with Crippen LogP contribution in [-0.4, -0.2) is 36.1 Å². The number of hydrogen-bond donors (Lipinski definition) is 1. The molecule has 2 heteroatoms. The summed E-state index contributed by atoms with van der Waals surface area (Å²) in [7, 11) is 0. The second kappa shape index (κ2) is 9.84. The van der Waals surface area contributed by atoms with E-state index in [0.717, 1.165) is 24.7 Å². The average Bonchev–Trinajstić information content (AvgIpc) is 3.30. The molecule has 0 spiro atoms. The van der Waals surface area contributed by atoms with E-state index in [-0.39, 0.29) is 0 Å². The van der Waals surface area contributed by atoms with Crippen LogP contribution in [-0.2, 0) is 0 Å². The number of rotatable bonds is 5. The van der Waals surface area contributed by atoms with Gasteiger partial charge in [-0.05, 0) is 38.8 Å². The lowest BCUT2D eigenvalue weighted by molar-refractivity contribution is 0.136. The largest absolute Gasteiger partial charge is 0.313 e. The fourth-order valence-electron chi connectivity index (χ4n) is 4.24. The number of likely N-dealkylation sites (N-methyl/N-ethyl adjacent to an activating group) is 2. The summed E-state index contributed by atoms with van der Waals surface area (Å²) < 4.78 is 0. The summed E-state index contributed by atoms with van der Waals surface area (Å²) in [5.74, 6) is 0. The van der Waals surface area contributed by atoms with Crippen molar-refractivity contribution in [2.45, 2.75) is 109 Å². The number of nitrogens with zero attached hydrogens (tertiary/aromatic N) is 1. The Hall–Kier alpha value is -0.0800. The highest BCUT2D eigenvalue weighted by molar-refractivity contribution is 4.93. The van der Waals surface area contributed by atoms with Gasteiger partial charge in [-0.15, -0.1) is 0 Å². The highest BCUT2D eigenvalue weighted by Gasteiger charge is 2.35. The maximum absolute atomic E-state index is 3.84.